The largest absolute Gasteiger partial charge is 0.368 e. The molecule has 4 rings (SSSR count). The molecule has 1 aliphatic carbocycles. The summed E-state index contributed by atoms with van der Waals surface area (Å²) in [6.07, 6.45) is 8.99. The fraction of sp³-hybridized carbons (Fsp3) is 0.480. The van der Waals surface area contributed by atoms with E-state index in [1.165, 1.54) is 28.9 Å². The number of hydrogen-bond acceptors (Lipinski definition) is 6. The fourth-order valence-corrected chi connectivity index (χ4v) is 5.60. The molecule has 0 bridgehead atoms. The molecule has 10 heteroatoms. The number of amides is 4. The van der Waals surface area contributed by atoms with E-state index in [1.807, 2.05) is 0 Å². The van der Waals surface area contributed by atoms with E-state index in [2.05, 4.69) is 10.3 Å². The lowest BCUT2D eigenvalue weighted by Gasteiger charge is -2.41. The van der Waals surface area contributed by atoms with Gasteiger partial charge in [-0.3, -0.25) is 24.2 Å². The van der Waals surface area contributed by atoms with Crippen LogP contribution >= 0.6 is 11.3 Å². The Hall–Kier alpha value is -3.27. The standard InChI is InChI=1S/C25H31N5O4S/c26-22(31)19(14-17-6-2-1-3-7-17)28-23(32)20-16-29(24(33)18-8-4-10-27-15-18)11-12-30(20)25(34)21-9-5-13-35-21/h4-5,8-10,13,15,17,19-20H,1-3,6-7,11-12,14,16H2,(H2,26,31)(H,28,32). The predicted molar refractivity (Wildman–Crippen MR) is 132 cm³/mol. The summed E-state index contributed by atoms with van der Waals surface area (Å²) >= 11 is 1.30. The molecule has 2 atom stereocenters. The second kappa shape index (κ2) is 11.4. The predicted octanol–water partition coefficient (Wildman–Crippen LogP) is 2.05. The van der Waals surface area contributed by atoms with E-state index in [1.54, 1.807) is 40.7 Å². The number of rotatable bonds is 7. The van der Waals surface area contributed by atoms with Gasteiger partial charge in [0.1, 0.15) is 12.1 Å². The average molecular weight is 498 g/mol. The molecule has 1 aliphatic heterocycles. The third-order valence-electron chi connectivity index (χ3n) is 6.83. The normalized spacial score (nSPS) is 19.7. The van der Waals surface area contributed by atoms with Gasteiger partial charge in [-0.2, -0.15) is 0 Å². The number of aromatic nitrogens is 1. The molecule has 0 radical (unpaired) electrons. The van der Waals surface area contributed by atoms with Crippen LogP contribution in [0.15, 0.2) is 42.0 Å². The van der Waals surface area contributed by atoms with E-state index < -0.39 is 23.9 Å². The Labute approximate surface area is 208 Å². The number of thiophene rings is 1. The van der Waals surface area contributed by atoms with Gasteiger partial charge in [-0.25, -0.2) is 0 Å². The Balaban J connectivity index is 1.52. The van der Waals surface area contributed by atoms with Crippen LogP contribution in [-0.2, 0) is 9.59 Å². The van der Waals surface area contributed by atoms with Crippen LogP contribution < -0.4 is 11.1 Å². The molecule has 4 amide bonds. The van der Waals surface area contributed by atoms with Crippen LogP contribution in [-0.4, -0.2) is 70.1 Å². The molecule has 2 aromatic rings. The SMILES string of the molecule is NC(=O)C(CC1CCCCC1)NC(=O)C1CN(C(=O)c2cccnc2)CCN1C(=O)c1cccs1. The Bertz CT molecular complexity index is 1040. The van der Waals surface area contributed by atoms with Crippen LogP contribution in [0.25, 0.3) is 0 Å². The monoisotopic (exact) mass is 497 g/mol. The zero-order valence-corrected chi connectivity index (χ0v) is 20.4. The number of carbonyl (C=O) groups is 4. The number of nitrogens with two attached hydrogens (primary N) is 1. The Kier molecular flexibility index (Phi) is 8.12. The highest BCUT2D eigenvalue weighted by Gasteiger charge is 2.39. The van der Waals surface area contributed by atoms with E-state index >= 15 is 0 Å². The second-order valence-electron chi connectivity index (χ2n) is 9.19. The molecule has 3 N–H and O–H groups in total. The minimum absolute atomic E-state index is 0.0194. The summed E-state index contributed by atoms with van der Waals surface area (Å²) in [4.78, 5) is 59.5. The van der Waals surface area contributed by atoms with E-state index in [-0.39, 0.29) is 31.4 Å². The van der Waals surface area contributed by atoms with Crippen LogP contribution in [0, 0.1) is 5.92 Å². The van der Waals surface area contributed by atoms with Gasteiger partial charge in [-0.1, -0.05) is 38.2 Å². The maximum atomic E-state index is 13.5. The van der Waals surface area contributed by atoms with E-state index in [0.717, 1.165) is 25.7 Å². The molecule has 2 fully saturated rings. The minimum Gasteiger partial charge on any atom is -0.368 e. The van der Waals surface area contributed by atoms with Crippen molar-refractivity contribution in [3.05, 3.63) is 52.5 Å². The van der Waals surface area contributed by atoms with Gasteiger partial charge in [0.2, 0.25) is 11.8 Å². The van der Waals surface area contributed by atoms with Crippen molar-refractivity contribution in [3.8, 4) is 0 Å². The average Bonchev–Trinajstić information content (AvgIpc) is 3.43. The first-order valence-corrected chi connectivity index (χ1v) is 13.0. The van der Waals surface area contributed by atoms with E-state index in [0.29, 0.717) is 22.8 Å². The number of primary amides is 1. The zero-order chi connectivity index (χ0) is 24.8. The summed E-state index contributed by atoms with van der Waals surface area (Å²) in [5, 5.41) is 4.61. The van der Waals surface area contributed by atoms with Gasteiger partial charge in [0.05, 0.1) is 17.0 Å². The highest BCUT2D eigenvalue weighted by atomic mass is 32.1. The molecule has 2 aromatic heterocycles. The molecule has 0 spiro atoms. The topological polar surface area (TPSA) is 126 Å². The molecule has 0 aromatic carbocycles. The third-order valence-corrected chi connectivity index (χ3v) is 7.68. The second-order valence-corrected chi connectivity index (χ2v) is 10.1. The lowest BCUT2D eigenvalue weighted by molar-refractivity contribution is -0.131. The summed E-state index contributed by atoms with van der Waals surface area (Å²) in [6, 6.07) is 5.09. The summed E-state index contributed by atoms with van der Waals surface area (Å²) in [5.74, 6) is -1.25. The molecule has 1 saturated carbocycles. The number of carbonyl (C=O) groups excluding carboxylic acids is 4. The molecule has 186 valence electrons. The molecule has 2 unspecified atom stereocenters. The number of nitrogens with one attached hydrogen (secondary N) is 1. The Morgan fingerprint density at radius 2 is 1.89 bits per heavy atom. The molecule has 1 saturated heterocycles. The van der Waals surface area contributed by atoms with Crippen LogP contribution in [0.2, 0.25) is 0 Å². The lowest BCUT2D eigenvalue weighted by atomic mass is 9.84. The van der Waals surface area contributed by atoms with Crippen molar-refractivity contribution >= 4 is 35.0 Å². The lowest BCUT2D eigenvalue weighted by Crippen LogP contribution is -2.63. The summed E-state index contributed by atoms with van der Waals surface area (Å²) in [6.45, 7) is 0.506. The van der Waals surface area contributed by atoms with Crippen molar-refractivity contribution in [2.75, 3.05) is 19.6 Å². The van der Waals surface area contributed by atoms with Crippen molar-refractivity contribution in [2.45, 2.75) is 50.6 Å². The van der Waals surface area contributed by atoms with Crippen molar-refractivity contribution in [1.29, 1.82) is 0 Å². The maximum absolute atomic E-state index is 13.5. The van der Waals surface area contributed by atoms with Crippen LogP contribution in [0.5, 0.6) is 0 Å². The van der Waals surface area contributed by atoms with Gasteiger partial charge < -0.3 is 20.9 Å². The van der Waals surface area contributed by atoms with Crippen LogP contribution in [0.1, 0.15) is 58.6 Å². The minimum atomic E-state index is -0.938. The van der Waals surface area contributed by atoms with Crippen molar-refractivity contribution in [2.24, 2.45) is 11.7 Å². The van der Waals surface area contributed by atoms with Crippen molar-refractivity contribution < 1.29 is 19.2 Å². The van der Waals surface area contributed by atoms with Gasteiger partial charge in [0, 0.05) is 25.5 Å². The zero-order valence-electron chi connectivity index (χ0n) is 19.6. The number of nitrogens with zero attached hydrogens (tertiary/aromatic N) is 3. The first-order chi connectivity index (χ1) is 16.9. The molecule has 9 nitrogen and oxygen atoms in total. The van der Waals surface area contributed by atoms with E-state index in [9.17, 15) is 19.2 Å². The first kappa shape index (κ1) is 24.8. The number of pyridine rings is 1. The van der Waals surface area contributed by atoms with Crippen LogP contribution in [0.4, 0.5) is 0 Å². The fourth-order valence-electron chi connectivity index (χ4n) is 4.92. The third kappa shape index (κ3) is 6.05. The highest BCUT2D eigenvalue weighted by molar-refractivity contribution is 7.12. The quantitative estimate of drug-likeness (QED) is 0.606. The summed E-state index contributed by atoms with van der Waals surface area (Å²) in [7, 11) is 0. The summed E-state index contributed by atoms with van der Waals surface area (Å²) in [5.41, 5.74) is 6.06. The van der Waals surface area contributed by atoms with Gasteiger partial charge >= 0.3 is 0 Å². The summed E-state index contributed by atoms with van der Waals surface area (Å²) < 4.78 is 0. The smallest absolute Gasteiger partial charge is 0.264 e. The number of hydrogen-bond donors (Lipinski definition) is 2. The molecule has 2 aliphatic rings. The van der Waals surface area contributed by atoms with Crippen molar-refractivity contribution in [3.63, 3.8) is 0 Å². The van der Waals surface area contributed by atoms with Gasteiger partial charge in [-0.05, 0) is 35.9 Å². The van der Waals surface area contributed by atoms with Crippen molar-refractivity contribution in [1.82, 2.24) is 20.1 Å². The Morgan fingerprint density at radius 3 is 2.54 bits per heavy atom. The first-order valence-electron chi connectivity index (χ1n) is 12.1. The maximum Gasteiger partial charge on any atom is 0.264 e. The molecular formula is C25H31N5O4S. The van der Waals surface area contributed by atoms with Gasteiger partial charge in [-0.15, -0.1) is 11.3 Å². The van der Waals surface area contributed by atoms with Gasteiger partial charge in [0.25, 0.3) is 11.8 Å². The van der Waals surface area contributed by atoms with Gasteiger partial charge in [0.15, 0.2) is 0 Å². The Morgan fingerprint density at radius 1 is 1.09 bits per heavy atom. The highest BCUT2D eigenvalue weighted by Crippen LogP contribution is 2.27. The van der Waals surface area contributed by atoms with E-state index in [4.69, 9.17) is 5.73 Å². The number of piperazine rings is 1. The molecule has 3 heterocycles. The van der Waals surface area contributed by atoms with Crippen LogP contribution in [0.3, 0.4) is 0 Å². The molecule has 35 heavy (non-hydrogen) atoms. The molecular weight excluding hydrogens is 466 g/mol.